The first-order chi connectivity index (χ1) is 14.5. The van der Waals surface area contributed by atoms with Gasteiger partial charge in [-0.1, -0.05) is 31.5 Å². The maximum atomic E-state index is 12.8. The van der Waals surface area contributed by atoms with E-state index < -0.39 is 28.7 Å². The van der Waals surface area contributed by atoms with E-state index >= 15 is 0 Å². The number of nitrogens with zero attached hydrogens (tertiary/aromatic N) is 2. The first-order valence-corrected chi connectivity index (χ1v) is 11.0. The van der Waals surface area contributed by atoms with E-state index in [-0.39, 0.29) is 46.6 Å². The minimum atomic E-state index is -4.53. The summed E-state index contributed by atoms with van der Waals surface area (Å²) in [5.74, 6) is -0.903. The lowest BCUT2D eigenvalue weighted by atomic mass is 10.2. The molecule has 0 saturated carbocycles. The van der Waals surface area contributed by atoms with E-state index in [9.17, 15) is 26.4 Å². The summed E-state index contributed by atoms with van der Waals surface area (Å²) in [6.07, 6.45) is -3.27. The average molecular weight is 480 g/mol. The van der Waals surface area contributed by atoms with Gasteiger partial charge in [0, 0.05) is 37.0 Å². The van der Waals surface area contributed by atoms with Crippen molar-refractivity contribution in [3.05, 3.63) is 52.7 Å². The standard InChI is InChI=1S/C19H21ClF3N3O4S/c1-3-26(4-2)31(28,29)16-10-13(7-8-15(16)20)17(27)25-11-14-6-5-9-24-18(14)30-12-19(21,22)23/h5-10H,3-4,11-12H2,1-2H3,(H,25,27). The molecule has 170 valence electrons. The lowest BCUT2D eigenvalue weighted by Gasteiger charge is -2.19. The number of rotatable bonds is 9. The molecule has 0 fully saturated rings. The molecule has 0 saturated heterocycles. The second kappa shape index (κ2) is 10.3. The predicted molar refractivity (Wildman–Crippen MR) is 109 cm³/mol. The van der Waals surface area contributed by atoms with Crippen LogP contribution >= 0.6 is 11.6 Å². The van der Waals surface area contributed by atoms with E-state index in [4.69, 9.17) is 11.6 Å². The molecule has 1 N–H and O–H groups in total. The molecular formula is C19H21ClF3N3O4S. The highest BCUT2D eigenvalue weighted by Gasteiger charge is 2.29. The Balaban J connectivity index is 2.20. The molecule has 0 aliphatic heterocycles. The quantitative estimate of drug-likeness (QED) is 0.593. The van der Waals surface area contributed by atoms with Gasteiger partial charge in [0.05, 0.1) is 5.02 Å². The number of benzene rings is 1. The lowest BCUT2D eigenvalue weighted by molar-refractivity contribution is -0.154. The fourth-order valence-corrected chi connectivity index (χ4v) is 4.62. The van der Waals surface area contributed by atoms with Crippen LogP contribution in [0.4, 0.5) is 13.2 Å². The van der Waals surface area contributed by atoms with Crippen molar-refractivity contribution in [3.8, 4) is 5.88 Å². The second-order valence-electron chi connectivity index (χ2n) is 6.29. The van der Waals surface area contributed by atoms with E-state index in [0.29, 0.717) is 0 Å². The van der Waals surface area contributed by atoms with Crippen LogP contribution in [0.25, 0.3) is 0 Å². The van der Waals surface area contributed by atoms with Crippen molar-refractivity contribution in [1.82, 2.24) is 14.6 Å². The third-order valence-corrected chi connectivity index (χ3v) is 6.71. The van der Waals surface area contributed by atoms with Crippen LogP contribution < -0.4 is 10.1 Å². The van der Waals surface area contributed by atoms with Crippen LogP contribution in [0.5, 0.6) is 5.88 Å². The smallest absolute Gasteiger partial charge is 0.422 e. The predicted octanol–water partition coefficient (Wildman–Crippen LogP) is 3.64. The van der Waals surface area contributed by atoms with Gasteiger partial charge in [-0.15, -0.1) is 0 Å². The Hall–Kier alpha value is -2.37. The third-order valence-electron chi connectivity index (χ3n) is 4.18. The number of halogens is 4. The number of amides is 1. The van der Waals surface area contributed by atoms with Gasteiger partial charge in [-0.05, 0) is 24.3 Å². The minimum absolute atomic E-state index is 0.0248. The Kier molecular flexibility index (Phi) is 8.27. The van der Waals surface area contributed by atoms with Gasteiger partial charge >= 0.3 is 6.18 Å². The highest BCUT2D eigenvalue weighted by atomic mass is 35.5. The van der Waals surface area contributed by atoms with Crippen molar-refractivity contribution in [3.63, 3.8) is 0 Å². The highest BCUT2D eigenvalue weighted by Crippen LogP contribution is 2.26. The number of aromatic nitrogens is 1. The van der Waals surface area contributed by atoms with E-state index in [2.05, 4.69) is 15.0 Å². The van der Waals surface area contributed by atoms with Crippen molar-refractivity contribution < 1.29 is 31.1 Å². The average Bonchev–Trinajstić information content (AvgIpc) is 2.71. The molecule has 2 rings (SSSR count). The first kappa shape index (κ1) is 24.9. The van der Waals surface area contributed by atoms with Crippen LogP contribution in [0.2, 0.25) is 5.02 Å². The molecule has 0 unspecified atom stereocenters. The number of carbonyl (C=O) groups excluding carboxylic acids is 1. The number of nitrogens with one attached hydrogen (secondary N) is 1. The molecule has 0 bridgehead atoms. The molecule has 0 spiro atoms. The van der Waals surface area contributed by atoms with E-state index in [1.807, 2.05) is 0 Å². The molecule has 12 heteroatoms. The minimum Gasteiger partial charge on any atom is -0.468 e. The summed E-state index contributed by atoms with van der Waals surface area (Å²) < 4.78 is 68.6. The third kappa shape index (κ3) is 6.55. The topological polar surface area (TPSA) is 88.6 Å². The van der Waals surface area contributed by atoms with Crippen molar-refractivity contribution in [2.24, 2.45) is 0 Å². The number of hydrogen-bond donors (Lipinski definition) is 1. The summed E-state index contributed by atoms with van der Waals surface area (Å²) in [7, 11) is -3.90. The van der Waals surface area contributed by atoms with Crippen LogP contribution in [-0.4, -0.2) is 49.5 Å². The van der Waals surface area contributed by atoms with Crippen molar-refractivity contribution in [2.75, 3.05) is 19.7 Å². The number of hydrogen-bond acceptors (Lipinski definition) is 5. The summed E-state index contributed by atoms with van der Waals surface area (Å²) in [5.41, 5.74) is 0.252. The van der Waals surface area contributed by atoms with Gasteiger partial charge in [0.15, 0.2) is 6.61 Å². The number of carbonyl (C=O) groups is 1. The van der Waals surface area contributed by atoms with Crippen LogP contribution in [0, 0.1) is 0 Å². The fraction of sp³-hybridized carbons (Fsp3) is 0.368. The Morgan fingerprint density at radius 2 is 1.90 bits per heavy atom. The van der Waals surface area contributed by atoms with E-state index in [1.165, 1.54) is 34.8 Å². The van der Waals surface area contributed by atoms with Gasteiger partial charge in [-0.25, -0.2) is 13.4 Å². The van der Waals surface area contributed by atoms with Crippen molar-refractivity contribution in [2.45, 2.75) is 31.5 Å². The summed E-state index contributed by atoms with van der Waals surface area (Å²) in [6.45, 7) is 2.12. The number of sulfonamides is 1. The van der Waals surface area contributed by atoms with Gasteiger partial charge in [0.25, 0.3) is 5.91 Å². The molecule has 2 aromatic rings. The zero-order valence-corrected chi connectivity index (χ0v) is 18.3. The molecule has 0 aliphatic carbocycles. The Bertz CT molecular complexity index is 1030. The summed E-state index contributed by atoms with van der Waals surface area (Å²) >= 11 is 6.05. The van der Waals surface area contributed by atoms with Crippen LogP contribution in [-0.2, 0) is 16.6 Å². The van der Waals surface area contributed by atoms with Crippen LogP contribution in [0.1, 0.15) is 29.8 Å². The zero-order chi connectivity index (χ0) is 23.2. The van der Waals surface area contributed by atoms with Gasteiger partial charge in [-0.2, -0.15) is 17.5 Å². The molecule has 0 radical (unpaired) electrons. The highest BCUT2D eigenvalue weighted by molar-refractivity contribution is 7.89. The molecule has 31 heavy (non-hydrogen) atoms. The summed E-state index contributed by atoms with van der Waals surface area (Å²) in [4.78, 5) is 16.1. The van der Waals surface area contributed by atoms with E-state index in [0.717, 1.165) is 6.07 Å². The maximum absolute atomic E-state index is 12.8. The number of pyridine rings is 1. The molecule has 7 nitrogen and oxygen atoms in total. The van der Waals surface area contributed by atoms with Crippen molar-refractivity contribution >= 4 is 27.5 Å². The van der Waals surface area contributed by atoms with Gasteiger partial charge in [0.1, 0.15) is 4.90 Å². The molecule has 1 heterocycles. The molecule has 0 aliphatic rings. The molecule has 1 aromatic heterocycles. The Labute approximate surface area is 183 Å². The molecule has 0 atom stereocenters. The first-order valence-electron chi connectivity index (χ1n) is 9.21. The molecular weight excluding hydrogens is 459 g/mol. The van der Waals surface area contributed by atoms with Gasteiger partial charge in [-0.3, -0.25) is 4.79 Å². The summed E-state index contributed by atoms with van der Waals surface area (Å²) in [6, 6.07) is 6.75. The largest absolute Gasteiger partial charge is 0.468 e. The maximum Gasteiger partial charge on any atom is 0.422 e. The zero-order valence-electron chi connectivity index (χ0n) is 16.7. The van der Waals surface area contributed by atoms with Gasteiger partial charge < -0.3 is 10.1 Å². The Morgan fingerprint density at radius 1 is 1.23 bits per heavy atom. The van der Waals surface area contributed by atoms with Crippen LogP contribution in [0.15, 0.2) is 41.4 Å². The van der Waals surface area contributed by atoms with Crippen molar-refractivity contribution in [1.29, 1.82) is 0 Å². The number of alkyl halides is 3. The van der Waals surface area contributed by atoms with E-state index in [1.54, 1.807) is 13.8 Å². The fourth-order valence-electron chi connectivity index (χ4n) is 2.66. The number of ether oxygens (including phenoxy) is 1. The monoisotopic (exact) mass is 479 g/mol. The normalized spacial score (nSPS) is 12.1. The lowest BCUT2D eigenvalue weighted by Crippen LogP contribution is -2.31. The van der Waals surface area contributed by atoms with Gasteiger partial charge in [0.2, 0.25) is 15.9 Å². The van der Waals surface area contributed by atoms with Crippen LogP contribution in [0.3, 0.4) is 0 Å². The molecule has 1 amide bonds. The SMILES string of the molecule is CCN(CC)S(=O)(=O)c1cc(C(=O)NCc2cccnc2OCC(F)(F)F)ccc1Cl. The second-order valence-corrected chi connectivity index (χ2v) is 8.60. The Morgan fingerprint density at radius 3 is 2.52 bits per heavy atom. The summed E-state index contributed by atoms with van der Waals surface area (Å²) in [5, 5.41) is 2.49. The molecule has 1 aromatic carbocycles.